The van der Waals surface area contributed by atoms with E-state index in [0.717, 1.165) is 39.9 Å². The molecule has 5 rings (SSSR count). The molecule has 0 aliphatic heterocycles. The first-order valence-electron chi connectivity index (χ1n) is 11.4. The zero-order valence-corrected chi connectivity index (χ0v) is 19.7. The van der Waals surface area contributed by atoms with E-state index in [9.17, 15) is 13.2 Å². The average Bonchev–Trinajstić information content (AvgIpc) is 2.90. The molecule has 3 aromatic carbocycles. The summed E-state index contributed by atoms with van der Waals surface area (Å²) in [4.78, 5) is 13.5. The van der Waals surface area contributed by atoms with E-state index < -0.39 is 11.7 Å². The largest absolute Gasteiger partial charge is 0.416 e. The monoisotopic (exact) mass is 498 g/mol. The highest BCUT2D eigenvalue weighted by Gasteiger charge is 2.30. The normalized spacial score (nSPS) is 11.7. The molecule has 0 bridgehead atoms. The molecule has 0 fully saturated rings. The van der Waals surface area contributed by atoms with E-state index in [1.54, 1.807) is 18.2 Å². The molecule has 184 valence electrons. The first-order chi connectivity index (χ1) is 17.9. The highest BCUT2D eigenvalue weighted by Crippen LogP contribution is 2.31. The zero-order valence-electron chi connectivity index (χ0n) is 19.7. The van der Waals surface area contributed by atoms with E-state index in [-0.39, 0.29) is 0 Å². The van der Waals surface area contributed by atoms with Crippen LogP contribution in [0.1, 0.15) is 17.0 Å². The highest BCUT2D eigenvalue weighted by atomic mass is 19.4. The fourth-order valence-corrected chi connectivity index (χ4v) is 3.86. The number of anilines is 3. The first-order valence-corrected chi connectivity index (χ1v) is 11.4. The lowest BCUT2D eigenvalue weighted by Crippen LogP contribution is -2.05. The summed E-state index contributed by atoms with van der Waals surface area (Å²) in [6.07, 6.45) is -1.37. The van der Waals surface area contributed by atoms with Crippen molar-refractivity contribution in [3.8, 4) is 11.1 Å². The molecule has 37 heavy (non-hydrogen) atoms. The second-order valence-electron chi connectivity index (χ2n) is 8.25. The minimum absolute atomic E-state index is 0.318. The number of hydrogen-bond acceptors (Lipinski definition) is 6. The maximum Gasteiger partial charge on any atom is 0.416 e. The number of fused-ring (bicyclic) bond motifs is 1. The number of aryl methyl sites for hydroxylation is 1. The third-order valence-electron chi connectivity index (χ3n) is 5.63. The van der Waals surface area contributed by atoms with Gasteiger partial charge in [0.2, 0.25) is 5.95 Å². The van der Waals surface area contributed by atoms with Crippen molar-refractivity contribution in [2.24, 2.45) is 5.10 Å². The molecular weight excluding hydrogens is 477 g/mol. The van der Waals surface area contributed by atoms with E-state index in [0.29, 0.717) is 23.0 Å². The maximum atomic E-state index is 12.9. The van der Waals surface area contributed by atoms with Crippen LogP contribution in [0.15, 0.2) is 96.2 Å². The van der Waals surface area contributed by atoms with Crippen LogP contribution in [-0.4, -0.2) is 21.2 Å². The molecule has 0 aliphatic rings. The summed E-state index contributed by atoms with van der Waals surface area (Å²) in [7, 11) is 0. The molecule has 6 nitrogen and oxygen atoms in total. The summed E-state index contributed by atoms with van der Waals surface area (Å²) in [5.41, 5.74) is 7.26. The fraction of sp³-hybridized carbons (Fsp3) is 0.0714. The predicted octanol–water partition coefficient (Wildman–Crippen LogP) is 7.21. The van der Waals surface area contributed by atoms with E-state index in [4.69, 9.17) is 0 Å². The van der Waals surface area contributed by atoms with Crippen LogP contribution in [0.25, 0.3) is 22.0 Å². The Morgan fingerprint density at radius 3 is 2.41 bits per heavy atom. The number of aromatic nitrogens is 3. The Balaban J connectivity index is 1.30. The summed E-state index contributed by atoms with van der Waals surface area (Å²) in [6, 6.07) is 24.4. The van der Waals surface area contributed by atoms with Gasteiger partial charge in [-0.15, -0.1) is 0 Å². The molecule has 5 aromatic rings. The lowest BCUT2D eigenvalue weighted by molar-refractivity contribution is -0.137. The topological polar surface area (TPSA) is 75.1 Å². The maximum absolute atomic E-state index is 12.9. The molecule has 9 heteroatoms. The summed E-state index contributed by atoms with van der Waals surface area (Å²) in [6.45, 7) is 1.92. The molecule has 0 aliphatic carbocycles. The number of para-hydroxylation sites is 1. The van der Waals surface area contributed by atoms with Gasteiger partial charge in [0.1, 0.15) is 0 Å². The van der Waals surface area contributed by atoms with Gasteiger partial charge in [0.25, 0.3) is 0 Å². The lowest BCUT2D eigenvalue weighted by atomic mass is 10.0. The van der Waals surface area contributed by atoms with Crippen molar-refractivity contribution in [1.82, 2.24) is 15.0 Å². The van der Waals surface area contributed by atoms with Crippen molar-refractivity contribution < 1.29 is 13.2 Å². The van der Waals surface area contributed by atoms with Crippen molar-refractivity contribution in [2.75, 3.05) is 10.7 Å². The van der Waals surface area contributed by atoms with Gasteiger partial charge in [-0.05, 0) is 42.8 Å². The molecule has 0 amide bonds. The van der Waals surface area contributed by atoms with Gasteiger partial charge in [0.05, 0.1) is 40.6 Å². The quantitative estimate of drug-likeness (QED) is 0.191. The average molecular weight is 499 g/mol. The summed E-state index contributed by atoms with van der Waals surface area (Å²) < 4.78 is 38.8. The minimum atomic E-state index is -4.40. The molecule has 0 saturated carbocycles. The van der Waals surface area contributed by atoms with Gasteiger partial charge in [-0.3, -0.25) is 4.98 Å². The van der Waals surface area contributed by atoms with Gasteiger partial charge in [-0.2, -0.15) is 18.3 Å². The Kier molecular flexibility index (Phi) is 6.51. The Morgan fingerprint density at radius 2 is 1.65 bits per heavy atom. The van der Waals surface area contributed by atoms with Gasteiger partial charge < -0.3 is 5.32 Å². The van der Waals surface area contributed by atoms with Crippen LogP contribution in [0.5, 0.6) is 0 Å². The number of hydrazone groups is 1. The van der Waals surface area contributed by atoms with Gasteiger partial charge >= 0.3 is 6.18 Å². The number of rotatable bonds is 6. The van der Waals surface area contributed by atoms with Crippen LogP contribution in [0, 0.1) is 6.92 Å². The molecular formula is C28H21F3N6. The van der Waals surface area contributed by atoms with E-state index in [2.05, 4.69) is 30.8 Å². The molecule has 0 unspecified atom stereocenters. The standard InChI is InChI=1S/C28H21F3N6/c1-18-24-11-6-12-25(19-7-3-2-4-8-19)26(24)36-27(34-18)37-33-17-22-13-14-23(16-32-22)35-21-10-5-9-20(15-21)28(29,30)31/h2-17,35H,1H3,(H,34,36,37)/b33-17+. The second-order valence-corrected chi connectivity index (χ2v) is 8.25. The SMILES string of the molecule is Cc1nc(N/N=C/c2ccc(Nc3cccc(C(F)(F)F)c3)cn2)nc2c(-c3ccccc3)cccc12. The number of alkyl halides is 3. The third-order valence-corrected chi connectivity index (χ3v) is 5.63. The number of hydrogen-bond donors (Lipinski definition) is 2. The summed E-state index contributed by atoms with van der Waals surface area (Å²) >= 11 is 0. The number of nitrogens with one attached hydrogen (secondary N) is 2. The van der Waals surface area contributed by atoms with Crippen molar-refractivity contribution in [3.63, 3.8) is 0 Å². The molecule has 0 atom stereocenters. The Bertz CT molecular complexity index is 1570. The Hall–Kier alpha value is -4.79. The van der Waals surface area contributed by atoms with Crippen LogP contribution in [-0.2, 0) is 6.18 Å². The number of nitrogens with zero attached hydrogens (tertiary/aromatic N) is 4. The minimum Gasteiger partial charge on any atom is -0.354 e. The third kappa shape index (κ3) is 5.56. The zero-order chi connectivity index (χ0) is 25.8. The Morgan fingerprint density at radius 1 is 0.838 bits per heavy atom. The highest BCUT2D eigenvalue weighted by molar-refractivity contribution is 5.95. The van der Waals surface area contributed by atoms with Crippen molar-refractivity contribution in [1.29, 1.82) is 0 Å². The summed E-state index contributed by atoms with van der Waals surface area (Å²) in [5.74, 6) is 0.354. The van der Waals surface area contributed by atoms with Crippen molar-refractivity contribution in [2.45, 2.75) is 13.1 Å². The molecule has 2 aromatic heterocycles. The van der Waals surface area contributed by atoms with Gasteiger partial charge in [0, 0.05) is 16.6 Å². The van der Waals surface area contributed by atoms with Crippen molar-refractivity contribution in [3.05, 3.63) is 108 Å². The molecule has 0 spiro atoms. The van der Waals surface area contributed by atoms with Gasteiger partial charge in [0.15, 0.2) is 0 Å². The number of benzene rings is 3. The second kappa shape index (κ2) is 10.1. The smallest absolute Gasteiger partial charge is 0.354 e. The molecule has 0 saturated heterocycles. The van der Waals surface area contributed by atoms with E-state index >= 15 is 0 Å². The van der Waals surface area contributed by atoms with Gasteiger partial charge in [-0.25, -0.2) is 15.4 Å². The molecule has 2 heterocycles. The van der Waals surface area contributed by atoms with Gasteiger partial charge in [-0.1, -0.05) is 54.6 Å². The Labute approximate surface area is 210 Å². The fourth-order valence-electron chi connectivity index (χ4n) is 3.86. The van der Waals surface area contributed by atoms with Crippen LogP contribution in [0.3, 0.4) is 0 Å². The lowest BCUT2D eigenvalue weighted by Gasteiger charge is -2.10. The predicted molar refractivity (Wildman–Crippen MR) is 140 cm³/mol. The first kappa shape index (κ1) is 23.9. The number of pyridine rings is 1. The number of halogens is 3. The van der Waals surface area contributed by atoms with E-state index in [1.165, 1.54) is 18.5 Å². The van der Waals surface area contributed by atoms with Crippen molar-refractivity contribution >= 4 is 34.4 Å². The molecule has 2 N–H and O–H groups in total. The molecule has 0 radical (unpaired) electrons. The van der Waals surface area contributed by atoms with Crippen LogP contribution >= 0.6 is 0 Å². The van der Waals surface area contributed by atoms with Crippen LogP contribution in [0.2, 0.25) is 0 Å². The van der Waals surface area contributed by atoms with Crippen LogP contribution < -0.4 is 10.7 Å². The van der Waals surface area contributed by atoms with Crippen LogP contribution in [0.4, 0.5) is 30.5 Å². The summed E-state index contributed by atoms with van der Waals surface area (Å²) in [5, 5.41) is 8.09. The van der Waals surface area contributed by atoms with E-state index in [1.807, 2.05) is 55.5 Å².